The van der Waals surface area contributed by atoms with E-state index in [2.05, 4.69) is 5.32 Å². The van der Waals surface area contributed by atoms with Crippen LogP contribution in [0.4, 0.5) is 4.79 Å². The van der Waals surface area contributed by atoms with Crippen LogP contribution < -0.4 is 9.50 Å². The number of alkyl carbamates (subject to hydrolysis) is 1. The highest BCUT2D eigenvalue weighted by Crippen LogP contribution is 2.23. The van der Waals surface area contributed by atoms with Crippen LogP contribution in [-0.4, -0.2) is 26.6 Å². The molecule has 0 saturated carbocycles. The molecule has 0 aromatic heterocycles. The van der Waals surface area contributed by atoms with Crippen molar-refractivity contribution in [2.24, 2.45) is 0 Å². The highest BCUT2D eigenvalue weighted by Gasteiger charge is 2.26. The predicted molar refractivity (Wildman–Crippen MR) is 124 cm³/mol. The fraction of sp³-hybridized carbons (Fsp3) is 0.200. The number of hydrogen-bond donors (Lipinski definition) is 1. The van der Waals surface area contributed by atoms with E-state index in [-0.39, 0.29) is 17.3 Å². The first-order chi connectivity index (χ1) is 16.2. The Morgan fingerprint density at radius 3 is 2.03 bits per heavy atom. The van der Waals surface area contributed by atoms with Crippen LogP contribution in [0, 0.1) is 0 Å². The number of carbonyl (C=O) groups is 2. The van der Waals surface area contributed by atoms with Gasteiger partial charge in [-0.3, -0.25) is 0 Å². The molecular weight excluding hydrogens is 458 g/mol. The first-order valence-corrected chi connectivity index (χ1v) is 11.9. The van der Waals surface area contributed by atoms with Gasteiger partial charge in [0.1, 0.15) is 17.3 Å². The SMILES string of the molecule is CC(C)OC(=O)C(NC(=O)OCc1ccccc1)c1ccc(OS(=O)(=O)c2ccccc2)cc1. The molecule has 3 rings (SSSR count). The lowest BCUT2D eigenvalue weighted by molar-refractivity contribution is -0.150. The molecule has 178 valence electrons. The van der Waals surface area contributed by atoms with Gasteiger partial charge in [0.2, 0.25) is 0 Å². The van der Waals surface area contributed by atoms with Gasteiger partial charge in [0, 0.05) is 0 Å². The van der Waals surface area contributed by atoms with Gasteiger partial charge in [-0.1, -0.05) is 60.7 Å². The molecule has 8 nitrogen and oxygen atoms in total. The first kappa shape index (κ1) is 24.8. The summed E-state index contributed by atoms with van der Waals surface area (Å²) in [7, 11) is -4.01. The van der Waals surface area contributed by atoms with E-state index in [0.29, 0.717) is 5.56 Å². The molecule has 3 aromatic rings. The molecule has 1 unspecified atom stereocenters. The van der Waals surface area contributed by atoms with Crippen molar-refractivity contribution in [3.8, 4) is 5.75 Å². The number of carbonyl (C=O) groups excluding carboxylic acids is 2. The normalized spacial score (nSPS) is 12.0. The number of hydrogen-bond acceptors (Lipinski definition) is 7. The molecule has 1 N–H and O–H groups in total. The standard InChI is InChI=1S/C25H25NO7S/c1-18(2)32-24(27)23(26-25(28)31-17-19-9-5-3-6-10-19)20-13-15-21(16-14-20)33-34(29,30)22-11-7-4-8-12-22/h3-16,18,23H,17H2,1-2H3,(H,26,28). The second kappa shape index (κ2) is 11.3. The van der Waals surface area contributed by atoms with Gasteiger partial charge in [-0.2, -0.15) is 8.42 Å². The lowest BCUT2D eigenvalue weighted by Crippen LogP contribution is -2.36. The van der Waals surface area contributed by atoms with Gasteiger partial charge in [-0.25, -0.2) is 9.59 Å². The Labute approximate surface area is 198 Å². The second-order valence-corrected chi connectivity index (χ2v) is 9.09. The zero-order valence-electron chi connectivity index (χ0n) is 18.7. The maximum atomic E-state index is 12.6. The Morgan fingerprint density at radius 1 is 0.853 bits per heavy atom. The summed E-state index contributed by atoms with van der Waals surface area (Å²) < 4.78 is 40.5. The van der Waals surface area contributed by atoms with Gasteiger partial charge < -0.3 is 19.0 Å². The smallest absolute Gasteiger partial charge is 0.408 e. The molecule has 1 amide bonds. The van der Waals surface area contributed by atoms with Crippen molar-refractivity contribution in [3.05, 3.63) is 96.1 Å². The van der Waals surface area contributed by atoms with Crippen molar-refractivity contribution in [1.82, 2.24) is 5.32 Å². The Bertz CT molecular complexity index is 1200. The molecule has 9 heteroatoms. The maximum Gasteiger partial charge on any atom is 0.408 e. The van der Waals surface area contributed by atoms with Crippen LogP contribution in [0.5, 0.6) is 5.75 Å². The van der Waals surface area contributed by atoms with E-state index in [1.807, 2.05) is 18.2 Å². The number of rotatable bonds is 9. The number of amides is 1. The van der Waals surface area contributed by atoms with Gasteiger partial charge in [0.15, 0.2) is 6.04 Å². The molecule has 0 bridgehead atoms. The summed E-state index contributed by atoms with van der Waals surface area (Å²) in [5, 5.41) is 2.51. The van der Waals surface area contributed by atoms with E-state index in [1.165, 1.54) is 36.4 Å². The van der Waals surface area contributed by atoms with E-state index in [1.54, 1.807) is 44.2 Å². The predicted octanol–water partition coefficient (Wildman–Crippen LogP) is 4.37. The topological polar surface area (TPSA) is 108 Å². The van der Waals surface area contributed by atoms with Crippen LogP contribution in [0.3, 0.4) is 0 Å². The largest absolute Gasteiger partial charge is 0.461 e. The summed E-state index contributed by atoms with van der Waals surface area (Å²) in [6, 6.07) is 21.4. The minimum atomic E-state index is -4.01. The van der Waals surface area contributed by atoms with Crippen LogP contribution in [0.15, 0.2) is 89.8 Å². The first-order valence-electron chi connectivity index (χ1n) is 10.5. The third kappa shape index (κ3) is 7.08. The van der Waals surface area contributed by atoms with Gasteiger partial charge in [0.25, 0.3) is 0 Å². The molecule has 34 heavy (non-hydrogen) atoms. The van der Waals surface area contributed by atoms with Crippen molar-refractivity contribution in [2.45, 2.75) is 37.5 Å². The molecule has 0 heterocycles. The van der Waals surface area contributed by atoms with E-state index >= 15 is 0 Å². The molecule has 1 atom stereocenters. The van der Waals surface area contributed by atoms with Crippen molar-refractivity contribution < 1.29 is 31.7 Å². The molecule has 0 fully saturated rings. The molecule has 3 aromatic carbocycles. The average molecular weight is 484 g/mol. The number of esters is 1. The van der Waals surface area contributed by atoms with Crippen molar-refractivity contribution in [2.75, 3.05) is 0 Å². The highest BCUT2D eigenvalue weighted by atomic mass is 32.2. The van der Waals surface area contributed by atoms with Crippen LogP contribution in [0.25, 0.3) is 0 Å². The number of ether oxygens (including phenoxy) is 2. The average Bonchev–Trinajstić information content (AvgIpc) is 2.82. The van der Waals surface area contributed by atoms with Crippen molar-refractivity contribution >= 4 is 22.2 Å². The maximum absolute atomic E-state index is 12.6. The van der Waals surface area contributed by atoms with E-state index < -0.39 is 34.3 Å². The highest BCUT2D eigenvalue weighted by molar-refractivity contribution is 7.87. The summed E-state index contributed by atoms with van der Waals surface area (Å²) in [5.74, 6) is -0.632. The number of nitrogens with one attached hydrogen (secondary N) is 1. The van der Waals surface area contributed by atoms with Gasteiger partial charge >= 0.3 is 22.2 Å². The zero-order chi connectivity index (χ0) is 24.6. The Hall–Kier alpha value is -3.85. The zero-order valence-corrected chi connectivity index (χ0v) is 19.5. The van der Waals surface area contributed by atoms with E-state index in [0.717, 1.165) is 5.56 Å². The van der Waals surface area contributed by atoms with Crippen LogP contribution in [0.2, 0.25) is 0 Å². The Morgan fingerprint density at radius 2 is 1.44 bits per heavy atom. The third-order valence-electron chi connectivity index (χ3n) is 4.51. The summed E-state index contributed by atoms with van der Waals surface area (Å²) in [6.07, 6.45) is -1.21. The van der Waals surface area contributed by atoms with Crippen molar-refractivity contribution in [1.29, 1.82) is 0 Å². The molecule has 0 radical (unpaired) electrons. The summed E-state index contributed by atoms with van der Waals surface area (Å²) >= 11 is 0. The van der Waals surface area contributed by atoms with Crippen LogP contribution >= 0.6 is 0 Å². The van der Waals surface area contributed by atoms with Crippen LogP contribution in [0.1, 0.15) is 31.0 Å². The Balaban J connectivity index is 1.72. The van der Waals surface area contributed by atoms with Gasteiger partial charge in [-0.05, 0) is 49.2 Å². The van der Waals surface area contributed by atoms with E-state index in [4.69, 9.17) is 13.7 Å². The molecule has 0 aliphatic rings. The fourth-order valence-corrected chi connectivity index (χ4v) is 3.89. The minimum absolute atomic E-state index is 0.0142. The third-order valence-corrected chi connectivity index (χ3v) is 5.78. The van der Waals surface area contributed by atoms with E-state index in [9.17, 15) is 18.0 Å². The van der Waals surface area contributed by atoms with Gasteiger partial charge in [0.05, 0.1) is 6.10 Å². The Kier molecular flexibility index (Phi) is 8.26. The van der Waals surface area contributed by atoms with Crippen LogP contribution in [-0.2, 0) is 31.0 Å². The molecule has 0 aliphatic heterocycles. The number of benzene rings is 3. The molecule has 0 spiro atoms. The molecule has 0 aliphatic carbocycles. The lowest BCUT2D eigenvalue weighted by Gasteiger charge is -2.19. The molecular formula is C25H25NO7S. The quantitative estimate of drug-likeness (QED) is 0.356. The lowest BCUT2D eigenvalue weighted by atomic mass is 10.1. The monoisotopic (exact) mass is 483 g/mol. The van der Waals surface area contributed by atoms with Crippen molar-refractivity contribution in [3.63, 3.8) is 0 Å². The van der Waals surface area contributed by atoms with Gasteiger partial charge in [-0.15, -0.1) is 0 Å². The summed E-state index contributed by atoms with van der Waals surface area (Å²) in [4.78, 5) is 25.0. The summed E-state index contributed by atoms with van der Waals surface area (Å²) in [6.45, 7) is 3.41. The summed E-state index contributed by atoms with van der Waals surface area (Å²) in [5.41, 5.74) is 1.16. The molecule has 0 saturated heterocycles. The minimum Gasteiger partial charge on any atom is -0.461 e. The fourth-order valence-electron chi connectivity index (χ4n) is 2.94. The second-order valence-electron chi connectivity index (χ2n) is 7.54.